The van der Waals surface area contributed by atoms with Crippen LogP contribution in [0.3, 0.4) is 0 Å². The van der Waals surface area contributed by atoms with E-state index in [4.69, 9.17) is 16.7 Å². The molecule has 1 aromatic heterocycles. The van der Waals surface area contributed by atoms with Gasteiger partial charge in [-0.3, -0.25) is 10.1 Å². The molecule has 0 fully saturated rings. The first-order chi connectivity index (χ1) is 9.09. The smallest absolute Gasteiger partial charge is 0.300 e. The monoisotopic (exact) mass is 342 g/mol. The highest BCUT2D eigenvalue weighted by molar-refractivity contribution is 7.91. The minimum Gasteiger partial charge on any atom is -0.396 e. The van der Waals surface area contributed by atoms with Crippen molar-refractivity contribution in [1.29, 1.82) is 0 Å². The van der Waals surface area contributed by atoms with Gasteiger partial charge in [0.15, 0.2) is 4.34 Å². The molecule has 2 N–H and O–H groups in total. The molecule has 114 valence electrons. The second kappa shape index (κ2) is 6.35. The lowest BCUT2D eigenvalue weighted by Gasteiger charge is -2.23. The van der Waals surface area contributed by atoms with Crippen LogP contribution >= 0.6 is 22.9 Å². The van der Waals surface area contributed by atoms with Gasteiger partial charge in [0.1, 0.15) is 4.21 Å². The van der Waals surface area contributed by atoms with Gasteiger partial charge in [-0.05, 0) is 11.8 Å². The Labute approximate surface area is 125 Å². The van der Waals surface area contributed by atoms with Crippen LogP contribution in [-0.4, -0.2) is 31.6 Å². The van der Waals surface area contributed by atoms with Crippen molar-refractivity contribution in [3.8, 4) is 0 Å². The standard InChI is InChI=1S/C10H15ClN2O5S2/c1-10(2,3-4-14)6-12-20(17,18)8-5-7(13(15)16)9(11)19-8/h5,12,14H,3-4,6H2,1-2H3. The molecule has 10 heteroatoms. The minimum atomic E-state index is -3.85. The summed E-state index contributed by atoms with van der Waals surface area (Å²) in [6.45, 7) is 3.66. The number of aliphatic hydroxyl groups excluding tert-OH is 1. The van der Waals surface area contributed by atoms with Crippen molar-refractivity contribution < 1.29 is 18.4 Å². The average Bonchev–Trinajstić information content (AvgIpc) is 2.70. The van der Waals surface area contributed by atoms with Crippen LogP contribution in [0.2, 0.25) is 4.34 Å². The molecule has 0 saturated carbocycles. The lowest BCUT2D eigenvalue weighted by atomic mass is 9.90. The lowest BCUT2D eigenvalue weighted by Crippen LogP contribution is -2.34. The first-order valence-corrected chi connectivity index (χ1v) is 8.31. The highest BCUT2D eigenvalue weighted by Gasteiger charge is 2.27. The molecule has 0 saturated heterocycles. The molecule has 0 aliphatic rings. The zero-order valence-corrected chi connectivity index (χ0v) is 13.3. The van der Waals surface area contributed by atoms with Gasteiger partial charge in [0, 0.05) is 19.2 Å². The van der Waals surface area contributed by atoms with Crippen molar-refractivity contribution in [1.82, 2.24) is 4.72 Å². The van der Waals surface area contributed by atoms with E-state index >= 15 is 0 Å². The van der Waals surface area contributed by atoms with Crippen molar-refractivity contribution in [2.24, 2.45) is 5.41 Å². The molecule has 0 aliphatic carbocycles. The van der Waals surface area contributed by atoms with Gasteiger partial charge >= 0.3 is 0 Å². The number of nitrogens with one attached hydrogen (secondary N) is 1. The zero-order chi connectivity index (χ0) is 15.6. The zero-order valence-electron chi connectivity index (χ0n) is 10.9. The molecule has 0 unspecified atom stereocenters. The number of thiophene rings is 1. The van der Waals surface area contributed by atoms with E-state index in [-0.39, 0.29) is 21.7 Å². The number of aliphatic hydroxyl groups is 1. The van der Waals surface area contributed by atoms with Crippen molar-refractivity contribution in [2.75, 3.05) is 13.2 Å². The molecule has 0 amide bonds. The molecule has 0 spiro atoms. The summed E-state index contributed by atoms with van der Waals surface area (Å²) in [5.41, 5.74) is -0.846. The lowest BCUT2D eigenvalue weighted by molar-refractivity contribution is -0.384. The number of hydrogen-bond donors (Lipinski definition) is 2. The van der Waals surface area contributed by atoms with Crippen LogP contribution in [0.25, 0.3) is 0 Å². The van der Waals surface area contributed by atoms with Gasteiger partial charge in [-0.25, -0.2) is 13.1 Å². The third kappa shape index (κ3) is 4.38. The van der Waals surface area contributed by atoms with E-state index < -0.39 is 26.0 Å². The minimum absolute atomic E-state index is 0.0506. The number of nitrogens with zero attached hydrogens (tertiary/aromatic N) is 1. The van der Waals surface area contributed by atoms with E-state index in [1.54, 1.807) is 13.8 Å². The Kier molecular flexibility index (Phi) is 5.50. The van der Waals surface area contributed by atoms with Crippen molar-refractivity contribution in [3.05, 3.63) is 20.5 Å². The fourth-order valence-corrected chi connectivity index (χ4v) is 4.30. The number of rotatable bonds is 7. The van der Waals surface area contributed by atoms with Crippen LogP contribution in [0.1, 0.15) is 20.3 Å². The maximum atomic E-state index is 12.0. The Balaban J connectivity index is 2.90. The maximum Gasteiger partial charge on any atom is 0.300 e. The molecular formula is C10H15ClN2O5S2. The molecule has 0 aromatic carbocycles. The van der Waals surface area contributed by atoms with Crippen LogP contribution in [-0.2, 0) is 10.0 Å². The summed E-state index contributed by atoms with van der Waals surface area (Å²) in [6.07, 6.45) is 0.431. The summed E-state index contributed by atoms with van der Waals surface area (Å²) in [7, 11) is -3.85. The van der Waals surface area contributed by atoms with Crippen LogP contribution in [0.5, 0.6) is 0 Å². The first-order valence-electron chi connectivity index (χ1n) is 5.63. The first kappa shape index (κ1) is 17.3. The Morgan fingerprint density at radius 3 is 2.60 bits per heavy atom. The summed E-state index contributed by atoms with van der Waals surface area (Å²) in [6, 6.07) is 0.939. The number of nitro groups is 1. The van der Waals surface area contributed by atoms with E-state index in [2.05, 4.69) is 4.72 Å². The summed E-state index contributed by atoms with van der Waals surface area (Å²) < 4.78 is 26.0. The van der Waals surface area contributed by atoms with Crippen LogP contribution < -0.4 is 4.72 Å². The SMILES string of the molecule is CC(C)(CCO)CNS(=O)(=O)c1cc([N+](=O)[O-])c(Cl)s1. The van der Waals surface area contributed by atoms with Gasteiger partial charge in [0.2, 0.25) is 10.0 Å². The van der Waals surface area contributed by atoms with Crippen molar-refractivity contribution in [2.45, 2.75) is 24.5 Å². The van der Waals surface area contributed by atoms with Crippen LogP contribution in [0.15, 0.2) is 10.3 Å². The van der Waals surface area contributed by atoms with E-state index in [0.29, 0.717) is 17.8 Å². The normalized spacial score (nSPS) is 12.6. The van der Waals surface area contributed by atoms with Gasteiger partial charge in [0.05, 0.1) is 4.92 Å². The van der Waals surface area contributed by atoms with Gasteiger partial charge in [-0.2, -0.15) is 0 Å². The Hall–Kier alpha value is -0.740. The van der Waals surface area contributed by atoms with Crippen LogP contribution in [0, 0.1) is 15.5 Å². The third-order valence-electron chi connectivity index (χ3n) is 2.64. The Morgan fingerprint density at radius 2 is 2.15 bits per heavy atom. The Morgan fingerprint density at radius 1 is 1.55 bits per heavy atom. The highest BCUT2D eigenvalue weighted by Crippen LogP contribution is 2.36. The van der Waals surface area contributed by atoms with E-state index in [1.807, 2.05) is 0 Å². The number of sulfonamides is 1. The molecule has 1 aromatic rings. The average molecular weight is 343 g/mol. The molecule has 7 nitrogen and oxygen atoms in total. The second-order valence-electron chi connectivity index (χ2n) is 4.94. The summed E-state index contributed by atoms with van der Waals surface area (Å²) in [4.78, 5) is 9.92. The van der Waals surface area contributed by atoms with E-state index in [9.17, 15) is 18.5 Å². The van der Waals surface area contributed by atoms with Gasteiger partial charge < -0.3 is 5.11 Å². The largest absolute Gasteiger partial charge is 0.396 e. The molecular weight excluding hydrogens is 328 g/mol. The fourth-order valence-electron chi connectivity index (χ4n) is 1.35. The number of halogens is 1. The maximum absolute atomic E-state index is 12.0. The van der Waals surface area contributed by atoms with Gasteiger partial charge in [0.25, 0.3) is 5.69 Å². The van der Waals surface area contributed by atoms with E-state index in [1.165, 1.54) is 0 Å². The van der Waals surface area contributed by atoms with Crippen LogP contribution in [0.4, 0.5) is 5.69 Å². The van der Waals surface area contributed by atoms with Crippen molar-refractivity contribution in [3.63, 3.8) is 0 Å². The summed E-state index contributed by atoms with van der Waals surface area (Å²) in [5, 5.41) is 19.5. The summed E-state index contributed by atoms with van der Waals surface area (Å²) >= 11 is 6.27. The second-order valence-corrected chi connectivity index (χ2v) is 8.59. The van der Waals surface area contributed by atoms with Gasteiger partial charge in [-0.1, -0.05) is 25.4 Å². The Bertz CT molecular complexity index is 597. The topological polar surface area (TPSA) is 110 Å². The van der Waals surface area contributed by atoms with E-state index in [0.717, 1.165) is 6.07 Å². The van der Waals surface area contributed by atoms with Gasteiger partial charge in [-0.15, -0.1) is 11.3 Å². The molecule has 20 heavy (non-hydrogen) atoms. The molecule has 1 heterocycles. The van der Waals surface area contributed by atoms with Crippen molar-refractivity contribution >= 4 is 38.6 Å². The number of hydrogen-bond acceptors (Lipinski definition) is 6. The molecule has 0 aliphatic heterocycles. The molecule has 0 atom stereocenters. The fraction of sp³-hybridized carbons (Fsp3) is 0.600. The molecule has 0 radical (unpaired) electrons. The molecule has 1 rings (SSSR count). The summed E-state index contributed by atoms with van der Waals surface area (Å²) in [5.74, 6) is 0. The predicted octanol–water partition coefficient (Wildman–Crippen LogP) is 2.00. The highest BCUT2D eigenvalue weighted by atomic mass is 35.5. The quantitative estimate of drug-likeness (QED) is 0.581. The predicted molar refractivity (Wildman–Crippen MR) is 76.7 cm³/mol. The third-order valence-corrected chi connectivity index (χ3v) is 5.85. The molecule has 0 bridgehead atoms.